The van der Waals surface area contributed by atoms with Crippen molar-refractivity contribution >= 4 is 45.3 Å². The molecule has 1 aromatic carbocycles. The van der Waals surface area contributed by atoms with E-state index in [1.54, 1.807) is 0 Å². The number of halogens is 1. The molecule has 0 unspecified atom stereocenters. The summed E-state index contributed by atoms with van der Waals surface area (Å²) in [6.45, 7) is 26.0. The smallest absolute Gasteiger partial charge is 0.412 e. The molecule has 3 rings (SSSR count). The third-order valence-corrected chi connectivity index (χ3v) is 20.8. The minimum atomic E-state index is -2.19. The van der Waals surface area contributed by atoms with E-state index in [9.17, 15) is 4.79 Å². The monoisotopic (exact) mass is 783 g/mol. The molecule has 2 aliphatic rings. The molecule has 0 aromatic heterocycles. The van der Waals surface area contributed by atoms with E-state index in [4.69, 9.17) is 18.3 Å². The van der Waals surface area contributed by atoms with Gasteiger partial charge < -0.3 is 18.3 Å². The molecular weight excluding hydrogens is 721 g/mol. The fourth-order valence-electron chi connectivity index (χ4n) is 7.12. The van der Waals surface area contributed by atoms with E-state index in [-0.39, 0.29) is 42.0 Å². The number of benzene rings is 1. The highest BCUT2D eigenvalue weighted by molar-refractivity contribution is 14.1. The second kappa shape index (κ2) is 16.7. The predicted octanol–water partition coefficient (Wildman–Crippen LogP) is 10.4. The number of hydrogen-bond acceptors (Lipinski definition) is 5. The summed E-state index contributed by atoms with van der Waals surface area (Å²) >= 11 is 2.13. The summed E-state index contributed by atoms with van der Waals surface area (Å²) in [6.07, 6.45) is 2.34. The standard InChI is InChI=1S/C37H62INO5Si2/c1-12-46(13-2,14-3)44-33-25-37(30(6)23-29(5)26-39(37)35(40)41-27-31-20-16-15-17-21-31)42-34(33)32(24-28(4)19-18-22-38)43-45(10,11)36(7,8)9/h15-17,20-21,28-30,32-34H,12-14,19,23-27H2,1-11H3/t28-,29-,30+,32-,33-,34-,37+/m1/s1. The van der Waals surface area contributed by atoms with Crippen LogP contribution < -0.4 is 0 Å². The van der Waals surface area contributed by atoms with Crippen LogP contribution in [0.25, 0.3) is 0 Å². The van der Waals surface area contributed by atoms with Crippen LogP contribution in [0.4, 0.5) is 4.79 Å². The molecule has 0 radical (unpaired) electrons. The molecule has 2 heterocycles. The molecule has 7 atom stereocenters. The second-order valence-electron chi connectivity index (χ2n) is 15.7. The number of piperidine rings is 1. The maximum atomic E-state index is 14.1. The zero-order chi connectivity index (χ0) is 34.3. The van der Waals surface area contributed by atoms with Gasteiger partial charge >= 0.3 is 6.09 Å². The lowest BCUT2D eigenvalue weighted by molar-refractivity contribution is -0.205. The van der Waals surface area contributed by atoms with Crippen molar-refractivity contribution in [2.24, 2.45) is 17.8 Å². The number of carbonyl (C=O) groups is 1. The number of ether oxygens (including phenoxy) is 2. The number of hydrogen-bond donors (Lipinski definition) is 0. The van der Waals surface area contributed by atoms with E-state index in [1.165, 1.54) is 0 Å². The highest BCUT2D eigenvalue weighted by Gasteiger charge is 2.61. The molecule has 2 aliphatic heterocycles. The van der Waals surface area contributed by atoms with E-state index in [2.05, 4.69) is 108 Å². The summed E-state index contributed by atoms with van der Waals surface area (Å²) in [5.41, 5.74) is 0.163. The minimum Gasteiger partial charge on any atom is -0.444 e. The van der Waals surface area contributed by atoms with Crippen LogP contribution in [0, 0.1) is 27.6 Å². The average molecular weight is 784 g/mol. The number of amides is 1. The molecule has 260 valence electrons. The van der Waals surface area contributed by atoms with Gasteiger partial charge in [-0.05, 0) is 70.4 Å². The third kappa shape index (κ3) is 9.41. The Bertz CT molecular complexity index is 1170. The second-order valence-corrected chi connectivity index (χ2v) is 25.7. The van der Waals surface area contributed by atoms with Gasteiger partial charge in [-0.2, -0.15) is 0 Å². The maximum absolute atomic E-state index is 14.1. The Balaban J connectivity index is 2.09. The van der Waals surface area contributed by atoms with Gasteiger partial charge in [0.15, 0.2) is 22.4 Å². The van der Waals surface area contributed by atoms with Gasteiger partial charge in [-0.1, -0.05) is 98.6 Å². The zero-order valence-corrected chi connectivity index (χ0v) is 34.7. The summed E-state index contributed by atoms with van der Waals surface area (Å²) in [4.78, 5) is 16.0. The van der Waals surface area contributed by atoms with Gasteiger partial charge in [0.05, 0.1) is 12.2 Å². The van der Waals surface area contributed by atoms with E-state index in [0.29, 0.717) is 24.8 Å². The van der Waals surface area contributed by atoms with Crippen LogP contribution in [0.2, 0.25) is 36.3 Å². The molecule has 2 fully saturated rings. The van der Waals surface area contributed by atoms with Crippen LogP contribution in [0.1, 0.15) is 93.6 Å². The van der Waals surface area contributed by atoms with Crippen molar-refractivity contribution < 1.29 is 23.1 Å². The van der Waals surface area contributed by atoms with Crippen LogP contribution in [-0.2, 0) is 24.9 Å². The Morgan fingerprint density at radius 2 is 1.76 bits per heavy atom. The summed E-state index contributed by atoms with van der Waals surface area (Å²) in [7, 11) is -4.22. The van der Waals surface area contributed by atoms with Gasteiger partial charge in [-0.25, -0.2) is 4.79 Å². The summed E-state index contributed by atoms with van der Waals surface area (Å²) < 4.78 is 31.2. The first-order valence-corrected chi connectivity index (χ1v) is 24.2. The zero-order valence-electron chi connectivity index (χ0n) is 30.6. The van der Waals surface area contributed by atoms with Crippen LogP contribution in [0.5, 0.6) is 0 Å². The van der Waals surface area contributed by atoms with E-state index >= 15 is 0 Å². The highest BCUT2D eigenvalue weighted by atomic mass is 127. The predicted molar refractivity (Wildman–Crippen MR) is 203 cm³/mol. The van der Waals surface area contributed by atoms with Gasteiger partial charge in [-0.3, -0.25) is 4.90 Å². The molecule has 1 amide bonds. The van der Waals surface area contributed by atoms with Crippen molar-refractivity contribution in [1.82, 2.24) is 4.90 Å². The lowest BCUT2D eigenvalue weighted by Gasteiger charge is -2.50. The first-order valence-electron chi connectivity index (χ1n) is 17.7. The SMILES string of the molecule is CC[Si](CC)(CC)O[C@@H]1C[C@]2(O[C@@H]1[C@@H](C[C@H](C)CC#CI)O[Si](C)(C)C(C)(C)C)[C@@H](C)C[C@@H](C)CN2C(=O)OCc1ccccc1. The first kappa shape index (κ1) is 39.5. The Hall–Kier alpha value is -0.906. The Labute approximate surface area is 296 Å². The molecule has 9 heteroatoms. The lowest BCUT2D eigenvalue weighted by atomic mass is 9.80. The van der Waals surface area contributed by atoms with Crippen molar-refractivity contribution in [3.05, 3.63) is 35.9 Å². The molecule has 1 aromatic rings. The minimum absolute atomic E-state index is 0.0404. The Morgan fingerprint density at radius 1 is 1.13 bits per heavy atom. The largest absolute Gasteiger partial charge is 0.444 e. The van der Waals surface area contributed by atoms with Crippen LogP contribution in [0.15, 0.2) is 30.3 Å². The number of rotatable bonds is 13. The fraction of sp³-hybridized carbons (Fsp3) is 0.757. The van der Waals surface area contributed by atoms with Gasteiger partial charge in [0, 0.05) is 47.9 Å². The molecular formula is C37H62INO5Si2. The molecule has 0 aliphatic carbocycles. The fourth-order valence-corrected chi connectivity index (χ4v) is 11.5. The Morgan fingerprint density at radius 3 is 2.33 bits per heavy atom. The van der Waals surface area contributed by atoms with E-state index in [0.717, 1.165) is 43.0 Å². The van der Waals surface area contributed by atoms with Crippen molar-refractivity contribution in [1.29, 1.82) is 0 Å². The number of likely N-dealkylation sites (tertiary alicyclic amines) is 1. The van der Waals surface area contributed by atoms with E-state index in [1.807, 2.05) is 35.2 Å². The van der Waals surface area contributed by atoms with Crippen molar-refractivity contribution in [3.63, 3.8) is 0 Å². The molecule has 0 saturated carbocycles. The summed E-state index contributed by atoms with van der Waals surface area (Å²) in [5, 5.41) is 0.0404. The van der Waals surface area contributed by atoms with Crippen LogP contribution in [-0.4, -0.2) is 58.2 Å². The average Bonchev–Trinajstić information content (AvgIpc) is 3.38. The van der Waals surface area contributed by atoms with Gasteiger partial charge in [-0.15, -0.1) is 0 Å². The molecule has 6 nitrogen and oxygen atoms in total. The molecule has 2 saturated heterocycles. The first-order chi connectivity index (χ1) is 21.6. The summed E-state index contributed by atoms with van der Waals surface area (Å²) in [6, 6.07) is 13.1. The molecule has 1 spiro atoms. The van der Waals surface area contributed by atoms with Gasteiger partial charge in [0.1, 0.15) is 12.7 Å². The van der Waals surface area contributed by atoms with Crippen molar-refractivity contribution in [2.45, 2.75) is 155 Å². The third-order valence-electron chi connectivity index (χ3n) is 11.2. The quantitative estimate of drug-likeness (QED) is 0.113. The highest BCUT2D eigenvalue weighted by Crippen LogP contribution is 2.50. The van der Waals surface area contributed by atoms with Crippen molar-refractivity contribution in [2.75, 3.05) is 6.54 Å². The van der Waals surface area contributed by atoms with Crippen LogP contribution >= 0.6 is 22.6 Å². The van der Waals surface area contributed by atoms with Gasteiger partial charge in [0.2, 0.25) is 0 Å². The number of nitrogens with zero attached hydrogens (tertiary/aromatic N) is 1. The molecule has 0 N–H and O–H groups in total. The summed E-state index contributed by atoms with van der Waals surface area (Å²) in [5.74, 6) is 4.08. The van der Waals surface area contributed by atoms with Crippen molar-refractivity contribution in [3.8, 4) is 9.85 Å². The van der Waals surface area contributed by atoms with E-state index < -0.39 is 22.4 Å². The number of carbonyl (C=O) groups excluding carboxylic acids is 1. The Kier molecular flexibility index (Phi) is 14.3. The van der Waals surface area contributed by atoms with Crippen LogP contribution in [0.3, 0.4) is 0 Å². The maximum Gasteiger partial charge on any atom is 0.412 e. The normalized spacial score (nSPS) is 26.8. The topological polar surface area (TPSA) is 57.2 Å². The lowest BCUT2D eigenvalue weighted by Crippen LogP contribution is -2.61. The van der Waals surface area contributed by atoms with Gasteiger partial charge in [0.25, 0.3) is 0 Å². The molecule has 46 heavy (non-hydrogen) atoms. The molecule has 0 bridgehead atoms.